The second-order valence-corrected chi connectivity index (χ2v) is 3.91. The first-order chi connectivity index (χ1) is 9.57. The molecule has 0 aliphatic rings. The lowest BCUT2D eigenvalue weighted by Crippen LogP contribution is -2.09. The molecule has 1 rings (SSSR count). The number of carbonyl (C=O) groups is 2. The zero-order valence-corrected chi connectivity index (χ0v) is 12.0. The summed E-state index contributed by atoms with van der Waals surface area (Å²) in [6, 6.07) is 3.18. The molecule has 1 aromatic carbocycles. The summed E-state index contributed by atoms with van der Waals surface area (Å²) in [5.41, 5.74) is 0.291. The van der Waals surface area contributed by atoms with Crippen LogP contribution >= 0.6 is 0 Å². The molecule has 20 heavy (non-hydrogen) atoms. The molecule has 0 heterocycles. The van der Waals surface area contributed by atoms with Gasteiger partial charge in [-0.3, -0.25) is 9.59 Å². The van der Waals surface area contributed by atoms with Crippen LogP contribution in [-0.4, -0.2) is 40.2 Å². The van der Waals surface area contributed by atoms with Crippen LogP contribution in [0.2, 0.25) is 0 Å². The van der Waals surface area contributed by atoms with Crippen molar-refractivity contribution in [2.75, 3.05) is 28.4 Å². The maximum atomic E-state index is 12.2. The van der Waals surface area contributed by atoms with Crippen LogP contribution in [0.4, 0.5) is 0 Å². The van der Waals surface area contributed by atoms with Crippen LogP contribution in [0.15, 0.2) is 12.1 Å². The molecule has 0 aliphatic heterocycles. The van der Waals surface area contributed by atoms with Gasteiger partial charge in [-0.1, -0.05) is 0 Å². The molecule has 0 radical (unpaired) electrons. The summed E-state index contributed by atoms with van der Waals surface area (Å²) in [4.78, 5) is 23.3. The van der Waals surface area contributed by atoms with Crippen molar-refractivity contribution in [3.8, 4) is 17.2 Å². The molecule has 1 aromatic rings. The predicted octanol–water partition coefficient (Wildman–Crippen LogP) is 1.85. The molecule has 110 valence electrons. The van der Waals surface area contributed by atoms with E-state index in [1.807, 2.05) is 0 Å². The Bertz CT molecular complexity index is 469. The van der Waals surface area contributed by atoms with Gasteiger partial charge in [0.15, 0.2) is 5.78 Å². The minimum Gasteiger partial charge on any atom is -0.496 e. The van der Waals surface area contributed by atoms with Crippen molar-refractivity contribution >= 4 is 11.8 Å². The van der Waals surface area contributed by atoms with Crippen molar-refractivity contribution in [1.29, 1.82) is 0 Å². The largest absolute Gasteiger partial charge is 0.496 e. The van der Waals surface area contributed by atoms with E-state index < -0.39 is 5.97 Å². The summed E-state index contributed by atoms with van der Waals surface area (Å²) >= 11 is 0. The number of Topliss-reactive ketones (excluding diaryl/α,β-unsaturated/α-hetero) is 1. The topological polar surface area (TPSA) is 71.1 Å². The number of hydrogen-bond donors (Lipinski definition) is 0. The van der Waals surface area contributed by atoms with Crippen LogP contribution in [0.25, 0.3) is 0 Å². The Labute approximate surface area is 117 Å². The van der Waals surface area contributed by atoms with Gasteiger partial charge in [0, 0.05) is 18.6 Å². The fourth-order valence-electron chi connectivity index (χ4n) is 1.72. The minimum absolute atomic E-state index is 0.00761. The number of ether oxygens (including phenoxy) is 4. The first-order valence-electron chi connectivity index (χ1n) is 5.97. The molecule has 6 nitrogen and oxygen atoms in total. The molecule has 0 amide bonds. The molecule has 0 aromatic heterocycles. The second-order valence-electron chi connectivity index (χ2n) is 3.91. The van der Waals surface area contributed by atoms with E-state index >= 15 is 0 Å². The van der Waals surface area contributed by atoms with Crippen LogP contribution in [0, 0.1) is 0 Å². The van der Waals surface area contributed by atoms with Gasteiger partial charge in [0.2, 0.25) is 0 Å². The lowest BCUT2D eigenvalue weighted by Gasteiger charge is -2.14. The highest BCUT2D eigenvalue weighted by Gasteiger charge is 2.21. The number of esters is 1. The second kappa shape index (κ2) is 7.37. The third-order valence-corrected chi connectivity index (χ3v) is 2.78. The first kappa shape index (κ1) is 15.8. The van der Waals surface area contributed by atoms with E-state index in [4.69, 9.17) is 14.2 Å². The average Bonchev–Trinajstić information content (AvgIpc) is 2.50. The SMILES string of the molecule is COC(=O)CCC(=O)c1c(OC)cc(OC)cc1OC. The van der Waals surface area contributed by atoms with E-state index in [0.29, 0.717) is 22.8 Å². The molecule has 6 heteroatoms. The third-order valence-electron chi connectivity index (χ3n) is 2.78. The summed E-state index contributed by atoms with van der Waals surface area (Å²) in [6.07, 6.45) is 0.0272. The Kier molecular flexibility index (Phi) is 5.83. The maximum absolute atomic E-state index is 12.2. The Morgan fingerprint density at radius 3 is 1.85 bits per heavy atom. The van der Waals surface area contributed by atoms with Gasteiger partial charge in [-0.05, 0) is 0 Å². The highest BCUT2D eigenvalue weighted by molar-refractivity contribution is 6.02. The van der Waals surface area contributed by atoms with Crippen LogP contribution < -0.4 is 14.2 Å². The van der Waals surface area contributed by atoms with Gasteiger partial charge in [-0.2, -0.15) is 0 Å². The summed E-state index contributed by atoms with van der Waals surface area (Å²) < 4.78 is 20.0. The molecular weight excluding hydrogens is 264 g/mol. The van der Waals surface area contributed by atoms with Gasteiger partial charge in [-0.25, -0.2) is 0 Å². The average molecular weight is 282 g/mol. The van der Waals surface area contributed by atoms with E-state index in [1.54, 1.807) is 12.1 Å². The summed E-state index contributed by atoms with van der Waals surface area (Å²) in [5.74, 6) is 0.506. The quantitative estimate of drug-likeness (QED) is 0.561. The fraction of sp³-hybridized carbons (Fsp3) is 0.429. The molecule has 0 N–H and O–H groups in total. The molecule has 0 unspecified atom stereocenters. The van der Waals surface area contributed by atoms with E-state index in [2.05, 4.69) is 4.74 Å². The number of benzene rings is 1. The Hall–Kier alpha value is -2.24. The molecule has 0 saturated carbocycles. The molecule has 0 spiro atoms. The summed E-state index contributed by atoms with van der Waals surface area (Å²) in [5, 5.41) is 0. The summed E-state index contributed by atoms with van der Waals surface area (Å²) in [7, 11) is 5.69. The van der Waals surface area contributed by atoms with Gasteiger partial charge in [0.25, 0.3) is 0 Å². The number of rotatable bonds is 7. The lowest BCUT2D eigenvalue weighted by atomic mass is 10.0. The van der Waals surface area contributed by atoms with Crippen LogP contribution in [0.1, 0.15) is 23.2 Å². The Morgan fingerprint density at radius 2 is 1.45 bits per heavy atom. The van der Waals surface area contributed by atoms with Gasteiger partial charge in [-0.15, -0.1) is 0 Å². The van der Waals surface area contributed by atoms with Crippen molar-refractivity contribution in [2.24, 2.45) is 0 Å². The highest BCUT2D eigenvalue weighted by atomic mass is 16.5. The standard InChI is InChI=1S/C14H18O6/c1-17-9-7-11(18-2)14(12(8-9)19-3)10(15)5-6-13(16)20-4/h7-8H,5-6H2,1-4H3. The minimum atomic E-state index is -0.440. The highest BCUT2D eigenvalue weighted by Crippen LogP contribution is 2.35. The first-order valence-corrected chi connectivity index (χ1v) is 5.97. The molecule has 0 fully saturated rings. The van der Waals surface area contributed by atoms with Gasteiger partial charge < -0.3 is 18.9 Å². The van der Waals surface area contributed by atoms with Crippen molar-refractivity contribution in [3.63, 3.8) is 0 Å². The van der Waals surface area contributed by atoms with E-state index in [9.17, 15) is 9.59 Å². The molecule has 0 aliphatic carbocycles. The number of hydrogen-bond acceptors (Lipinski definition) is 6. The normalized spacial score (nSPS) is 9.80. The number of ketones is 1. The van der Waals surface area contributed by atoms with Crippen LogP contribution in [0.5, 0.6) is 17.2 Å². The van der Waals surface area contributed by atoms with Crippen molar-refractivity contribution in [2.45, 2.75) is 12.8 Å². The molecule has 0 saturated heterocycles. The Balaban J connectivity index is 3.08. The lowest BCUT2D eigenvalue weighted by molar-refractivity contribution is -0.140. The number of carbonyl (C=O) groups excluding carboxylic acids is 2. The van der Waals surface area contributed by atoms with E-state index in [1.165, 1.54) is 28.4 Å². The summed E-state index contributed by atoms with van der Waals surface area (Å²) in [6.45, 7) is 0. The third kappa shape index (κ3) is 3.63. The van der Waals surface area contributed by atoms with Crippen molar-refractivity contribution in [3.05, 3.63) is 17.7 Å². The molecular formula is C14H18O6. The van der Waals surface area contributed by atoms with Crippen LogP contribution in [0.3, 0.4) is 0 Å². The number of methoxy groups -OCH3 is 4. The van der Waals surface area contributed by atoms with E-state index in [0.717, 1.165) is 0 Å². The zero-order valence-electron chi connectivity index (χ0n) is 12.0. The Morgan fingerprint density at radius 1 is 0.900 bits per heavy atom. The predicted molar refractivity (Wildman–Crippen MR) is 71.7 cm³/mol. The fourth-order valence-corrected chi connectivity index (χ4v) is 1.72. The van der Waals surface area contributed by atoms with Crippen LogP contribution in [-0.2, 0) is 9.53 Å². The van der Waals surface area contributed by atoms with Gasteiger partial charge in [0.05, 0.1) is 34.9 Å². The zero-order chi connectivity index (χ0) is 15.1. The smallest absolute Gasteiger partial charge is 0.305 e. The maximum Gasteiger partial charge on any atom is 0.305 e. The molecule has 0 bridgehead atoms. The van der Waals surface area contributed by atoms with Gasteiger partial charge in [0.1, 0.15) is 22.8 Å². The van der Waals surface area contributed by atoms with Gasteiger partial charge >= 0.3 is 5.97 Å². The van der Waals surface area contributed by atoms with Crippen molar-refractivity contribution in [1.82, 2.24) is 0 Å². The van der Waals surface area contributed by atoms with Crippen molar-refractivity contribution < 1.29 is 28.5 Å². The monoisotopic (exact) mass is 282 g/mol. The van der Waals surface area contributed by atoms with E-state index in [-0.39, 0.29) is 18.6 Å². The molecule has 0 atom stereocenters.